The molecule has 2 nitrogen and oxygen atoms in total. The number of halogens is 1. The van der Waals surface area contributed by atoms with Crippen molar-refractivity contribution in [2.45, 2.75) is 0 Å². The Morgan fingerprint density at radius 3 is 3.09 bits per heavy atom. The molecule has 11 heavy (non-hydrogen) atoms. The number of hydrogen-bond acceptors (Lipinski definition) is 1. The van der Waals surface area contributed by atoms with Gasteiger partial charge in [-0.25, -0.2) is 4.98 Å². The molecule has 1 radical (unpaired) electrons. The lowest BCUT2D eigenvalue weighted by Crippen LogP contribution is -1.73. The Morgan fingerprint density at radius 2 is 2.36 bits per heavy atom. The Balaban J connectivity index is 2.90. The van der Waals surface area contributed by atoms with Gasteiger partial charge in [-0.1, -0.05) is 0 Å². The van der Waals surface area contributed by atoms with E-state index in [4.69, 9.17) is 0 Å². The van der Waals surface area contributed by atoms with Gasteiger partial charge in [0.1, 0.15) is 4.60 Å². The van der Waals surface area contributed by atoms with E-state index in [1.807, 2.05) is 12.1 Å². The van der Waals surface area contributed by atoms with Crippen LogP contribution in [0.4, 0.5) is 0 Å². The highest BCUT2D eigenvalue weighted by molar-refractivity contribution is 9.10. The van der Waals surface area contributed by atoms with Crippen LogP contribution in [0.25, 0.3) is 10.9 Å². The van der Waals surface area contributed by atoms with Gasteiger partial charge in [0, 0.05) is 22.8 Å². The molecule has 2 aromatic heterocycles. The summed E-state index contributed by atoms with van der Waals surface area (Å²) in [5.74, 6) is 0. The van der Waals surface area contributed by atoms with E-state index in [0.29, 0.717) is 0 Å². The quantitative estimate of drug-likeness (QED) is 0.665. The molecule has 2 heterocycles. The van der Waals surface area contributed by atoms with Crippen molar-refractivity contribution in [3.8, 4) is 0 Å². The lowest BCUT2D eigenvalue weighted by molar-refractivity contribution is 1.31. The maximum Gasteiger partial charge on any atom is 0.115 e. The number of aromatic amines is 1. The van der Waals surface area contributed by atoms with E-state index in [1.165, 1.54) is 0 Å². The van der Waals surface area contributed by atoms with Gasteiger partial charge in [0.15, 0.2) is 0 Å². The van der Waals surface area contributed by atoms with Crippen molar-refractivity contribution >= 4 is 26.8 Å². The van der Waals surface area contributed by atoms with Gasteiger partial charge in [-0.2, -0.15) is 0 Å². The molecule has 2 rings (SSSR count). The molecule has 0 fully saturated rings. The molecule has 0 aromatic carbocycles. The number of pyridine rings is 1. The van der Waals surface area contributed by atoms with Crippen LogP contribution in [0.3, 0.4) is 0 Å². The van der Waals surface area contributed by atoms with Crippen LogP contribution in [0.5, 0.6) is 0 Å². The minimum absolute atomic E-state index is 0.862. The number of hydrogen-bond donors (Lipinski definition) is 1. The third kappa shape index (κ3) is 1.05. The molecule has 0 bridgehead atoms. The summed E-state index contributed by atoms with van der Waals surface area (Å²) in [5.41, 5.74) is 1.98. The fourth-order valence-electron chi connectivity index (χ4n) is 1.08. The van der Waals surface area contributed by atoms with Crippen molar-refractivity contribution in [3.63, 3.8) is 0 Å². The molecule has 0 atom stereocenters. The number of fused-ring (bicyclic) bond motifs is 1. The molecule has 0 aliphatic rings. The molecule has 0 aliphatic carbocycles. The summed E-state index contributed by atoms with van der Waals surface area (Å²) in [7, 11) is 0. The Kier molecular flexibility index (Phi) is 1.46. The van der Waals surface area contributed by atoms with Crippen molar-refractivity contribution in [2.75, 3.05) is 0 Å². The van der Waals surface area contributed by atoms with Gasteiger partial charge in [-0.15, -0.1) is 0 Å². The van der Waals surface area contributed by atoms with Crippen LogP contribution in [-0.2, 0) is 0 Å². The van der Waals surface area contributed by atoms with Gasteiger partial charge in [-0.3, -0.25) is 0 Å². The zero-order valence-corrected chi connectivity index (χ0v) is 7.35. The van der Waals surface area contributed by atoms with Crippen molar-refractivity contribution in [1.82, 2.24) is 9.97 Å². The summed E-state index contributed by atoms with van der Waals surface area (Å²) in [6.45, 7) is 3.79. The molecule has 2 aromatic rings. The molecule has 3 heteroatoms. The van der Waals surface area contributed by atoms with E-state index >= 15 is 0 Å². The van der Waals surface area contributed by atoms with E-state index in [0.717, 1.165) is 21.2 Å². The Labute approximate surface area is 72.8 Å². The molecule has 1 N–H and O–H groups in total. The summed E-state index contributed by atoms with van der Waals surface area (Å²) in [6, 6.07) is 3.89. The van der Waals surface area contributed by atoms with Gasteiger partial charge >= 0.3 is 0 Å². The average molecular weight is 210 g/mol. The van der Waals surface area contributed by atoms with Gasteiger partial charge in [0.25, 0.3) is 0 Å². The van der Waals surface area contributed by atoms with Gasteiger partial charge < -0.3 is 4.98 Å². The normalized spacial score (nSPS) is 10.7. The summed E-state index contributed by atoms with van der Waals surface area (Å²) >= 11 is 3.35. The first-order valence-electron chi connectivity index (χ1n) is 3.22. The third-order valence-corrected chi connectivity index (χ3v) is 2.19. The molecule has 0 saturated carbocycles. The molecule has 0 amide bonds. The topological polar surface area (TPSA) is 28.7 Å². The first-order valence-corrected chi connectivity index (χ1v) is 4.02. The number of aromatic nitrogens is 2. The van der Waals surface area contributed by atoms with Crippen LogP contribution >= 0.6 is 15.9 Å². The average Bonchev–Trinajstić information content (AvgIpc) is 2.31. The fourth-order valence-corrected chi connectivity index (χ4v) is 1.52. The van der Waals surface area contributed by atoms with Gasteiger partial charge in [0.05, 0.1) is 0 Å². The SMILES string of the molecule is [CH2]c1cc2c(Br)nccc2[nH]1. The second-order valence-corrected chi connectivity index (χ2v) is 3.11. The van der Waals surface area contributed by atoms with Crippen LogP contribution in [-0.4, -0.2) is 9.97 Å². The molecule has 0 unspecified atom stereocenters. The van der Waals surface area contributed by atoms with Crippen LogP contribution in [0.2, 0.25) is 0 Å². The lowest BCUT2D eigenvalue weighted by atomic mass is 10.3. The van der Waals surface area contributed by atoms with Crippen LogP contribution in [0, 0.1) is 6.92 Å². The van der Waals surface area contributed by atoms with E-state index < -0.39 is 0 Å². The number of nitrogens with zero attached hydrogens (tertiary/aromatic N) is 1. The van der Waals surface area contributed by atoms with Crippen molar-refractivity contribution < 1.29 is 0 Å². The van der Waals surface area contributed by atoms with Gasteiger partial charge in [0.2, 0.25) is 0 Å². The maximum absolute atomic E-state index is 4.09. The summed E-state index contributed by atoms with van der Waals surface area (Å²) in [5, 5.41) is 1.08. The van der Waals surface area contributed by atoms with Crippen LogP contribution in [0.15, 0.2) is 22.9 Å². The largest absolute Gasteiger partial charge is 0.358 e. The lowest BCUT2D eigenvalue weighted by Gasteiger charge is -1.89. The Bertz CT molecular complexity index is 392. The van der Waals surface area contributed by atoms with E-state index in [9.17, 15) is 0 Å². The number of nitrogens with one attached hydrogen (secondary N) is 1. The van der Waals surface area contributed by atoms with Crippen molar-refractivity contribution in [1.29, 1.82) is 0 Å². The van der Waals surface area contributed by atoms with Crippen molar-refractivity contribution in [3.05, 3.63) is 35.6 Å². The van der Waals surface area contributed by atoms with Crippen LogP contribution in [0.1, 0.15) is 5.69 Å². The van der Waals surface area contributed by atoms with Crippen molar-refractivity contribution in [2.24, 2.45) is 0 Å². The molecule has 55 valence electrons. The zero-order chi connectivity index (χ0) is 7.84. The predicted octanol–water partition coefficient (Wildman–Crippen LogP) is 2.51. The summed E-state index contributed by atoms with van der Waals surface area (Å²) < 4.78 is 0.862. The highest BCUT2D eigenvalue weighted by Crippen LogP contribution is 2.21. The highest BCUT2D eigenvalue weighted by atomic mass is 79.9. The van der Waals surface area contributed by atoms with Crippen LogP contribution < -0.4 is 0 Å². The molecule has 0 spiro atoms. The van der Waals surface area contributed by atoms with Gasteiger partial charge in [-0.05, 0) is 35.0 Å². The minimum atomic E-state index is 0.862. The summed E-state index contributed by atoms with van der Waals surface area (Å²) in [4.78, 5) is 7.21. The maximum atomic E-state index is 4.09. The standard InChI is InChI=1S/C8H6BrN2/c1-5-4-6-7(11-5)2-3-10-8(6)9/h2-4,11H,1H2. The predicted molar refractivity (Wildman–Crippen MR) is 48.3 cm³/mol. The number of H-pyrrole nitrogens is 1. The smallest absolute Gasteiger partial charge is 0.115 e. The fraction of sp³-hybridized carbons (Fsp3) is 0. The van der Waals surface area contributed by atoms with E-state index in [2.05, 4.69) is 32.8 Å². The third-order valence-electron chi connectivity index (χ3n) is 1.56. The minimum Gasteiger partial charge on any atom is -0.358 e. The number of rotatable bonds is 0. The van der Waals surface area contributed by atoms with E-state index in [-0.39, 0.29) is 0 Å². The Morgan fingerprint density at radius 1 is 1.55 bits per heavy atom. The first kappa shape index (κ1) is 6.85. The monoisotopic (exact) mass is 209 g/mol. The Hall–Kier alpha value is -0.830. The first-order chi connectivity index (χ1) is 5.27. The molecular formula is C8H6BrN2. The second-order valence-electron chi connectivity index (χ2n) is 2.36. The molecular weight excluding hydrogens is 204 g/mol. The summed E-state index contributed by atoms with van der Waals surface area (Å²) in [6.07, 6.45) is 1.75. The molecule has 0 aliphatic heterocycles. The zero-order valence-electron chi connectivity index (χ0n) is 5.76. The van der Waals surface area contributed by atoms with E-state index in [1.54, 1.807) is 6.20 Å². The highest BCUT2D eigenvalue weighted by Gasteiger charge is 2.00. The second kappa shape index (κ2) is 2.34. The molecule has 0 saturated heterocycles.